The summed E-state index contributed by atoms with van der Waals surface area (Å²) in [5, 5.41) is 0. The van der Waals surface area contributed by atoms with E-state index in [0.29, 0.717) is 23.6 Å². The van der Waals surface area contributed by atoms with Gasteiger partial charge < -0.3 is 18.8 Å². The number of hydrogen-bond acceptors (Lipinski definition) is 5. The molecular weight excluding hydrogens is 320 g/mol. The zero-order valence-corrected chi connectivity index (χ0v) is 14.5. The molecule has 0 spiro atoms. The van der Waals surface area contributed by atoms with Gasteiger partial charge in [0.05, 0.1) is 38.6 Å². The van der Waals surface area contributed by atoms with Crippen molar-refractivity contribution in [2.75, 3.05) is 21.3 Å². The van der Waals surface area contributed by atoms with Crippen molar-refractivity contribution in [3.05, 3.63) is 58.5 Å². The van der Waals surface area contributed by atoms with Crippen molar-refractivity contribution in [1.29, 1.82) is 0 Å². The summed E-state index contributed by atoms with van der Waals surface area (Å²) >= 11 is 0. The smallest absolute Gasteiger partial charge is 0.269 e. The van der Waals surface area contributed by atoms with Crippen LogP contribution >= 0.6 is 0 Å². The minimum Gasteiger partial charge on any atom is -0.497 e. The van der Waals surface area contributed by atoms with Crippen LogP contribution in [0.5, 0.6) is 17.2 Å². The van der Waals surface area contributed by atoms with Crippen molar-refractivity contribution in [3.8, 4) is 17.2 Å². The first kappa shape index (κ1) is 16.8. The molecule has 0 amide bonds. The number of aryl methyl sites for hydroxylation is 2. The van der Waals surface area contributed by atoms with E-state index in [9.17, 15) is 4.79 Å². The molecule has 6 nitrogen and oxygen atoms in total. The summed E-state index contributed by atoms with van der Waals surface area (Å²) in [4.78, 5) is 16.5. The van der Waals surface area contributed by atoms with Gasteiger partial charge in [0, 0.05) is 18.7 Å². The number of nitrogens with zero attached hydrogens (tertiary/aromatic N) is 2. The van der Waals surface area contributed by atoms with E-state index in [2.05, 4.69) is 4.98 Å². The SMILES string of the molecule is COc1ccc(CCn2c(=O)cnc3cc(OC)c(OC)cc32)cc1. The van der Waals surface area contributed by atoms with Gasteiger partial charge in [-0.25, -0.2) is 4.98 Å². The van der Waals surface area contributed by atoms with Gasteiger partial charge in [0.2, 0.25) is 0 Å². The first-order valence-electron chi connectivity index (χ1n) is 7.90. The lowest BCUT2D eigenvalue weighted by atomic mass is 10.1. The normalized spacial score (nSPS) is 10.7. The van der Waals surface area contributed by atoms with Crippen molar-refractivity contribution >= 4 is 11.0 Å². The molecule has 0 atom stereocenters. The Labute approximate surface area is 145 Å². The second-order valence-corrected chi connectivity index (χ2v) is 5.54. The lowest BCUT2D eigenvalue weighted by molar-refractivity contribution is 0.355. The van der Waals surface area contributed by atoms with Gasteiger partial charge in [0.15, 0.2) is 11.5 Å². The molecule has 6 heteroatoms. The fourth-order valence-electron chi connectivity index (χ4n) is 2.75. The molecule has 0 saturated heterocycles. The molecular formula is C19H20N2O4. The number of aromatic nitrogens is 2. The van der Waals surface area contributed by atoms with E-state index in [1.54, 1.807) is 38.0 Å². The molecule has 2 aromatic carbocycles. The minimum absolute atomic E-state index is 0.145. The molecule has 0 N–H and O–H groups in total. The van der Waals surface area contributed by atoms with Crippen molar-refractivity contribution in [1.82, 2.24) is 9.55 Å². The van der Waals surface area contributed by atoms with E-state index in [1.807, 2.05) is 24.3 Å². The molecule has 1 aromatic heterocycles. The summed E-state index contributed by atoms with van der Waals surface area (Å²) in [6.07, 6.45) is 2.06. The third kappa shape index (κ3) is 3.42. The highest BCUT2D eigenvalue weighted by Gasteiger charge is 2.11. The Morgan fingerprint density at radius 1 is 0.960 bits per heavy atom. The van der Waals surface area contributed by atoms with E-state index in [-0.39, 0.29) is 5.56 Å². The fraction of sp³-hybridized carbons (Fsp3) is 0.263. The van der Waals surface area contributed by atoms with Gasteiger partial charge in [-0.3, -0.25) is 4.79 Å². The maximum absolute atomic E-state index is 12.3. The number of hydrogen-bond donors (Lipinski definition) is 0. The zero-order valence-electron chi connectivity index (χ0n) is 14.5. The number of rotatable bonds is 6. The largest absolute Gasteiger partial charge is 0.497 e. The Morgan fingerprint density at radius 2 is 1.64 bits per heavy atom. The number of methoxy groups -OCH3 is 3. The molecule has 0 saturated carbocycles. The quantitative estimate of drug-likeness (QED) is 0.690. The Bertz CT molecular complexity index is 933. The second kappa shape index (κ2) is 7.25. The maximum Gasteiger partial charge on any atom is 0.269 e. The van der Waals surface area contributed by atoms with Crippen molar-refractivity contribution < 1.29 is 14.2 Å². The van der Waals surface area contributed by atoms with E-state index in [1.165, 1.54) is 6.20 Å². The zero-order chi connectivity index (χ0) is 17.8. The molecule has 3 rings (SSSR count). The van der Waals surface area contributed by atoms with Gasteiger partial charge in [-0.15, -0.1) is 0 Å². The topological polar surface area (TPSA) is 62.6 Å². The average Bonchev–Trinajstić information content (AvgIpc) is 2.66. The highest BCUT2D eigenvalue weighted by Crippen LogP contribution is 2.30. The predicted molar refractivity (Wildman–Crippen MR) is 95.8 cm³/mol. The molecule has 3 aromatic rings. The van der Waals surface area contributed by atoms with Crippen LogP contribution in [0, 0.1) is 0 Å². The molecule has 0 aliphatic rings. The molecule has 0 bridgehead atoms. The van der Waals surface area contributed by atoms with Crippen molar-refractivity contribution in [3.63, 3.8) is 0 Å². The lowest BCUT2D eigenvalue weighted by Crippen LogP contribution is -2.21. The van der Waals surface area contributed by atoms with Gasteiger partial charge in [-0.05, 0) is 24.1 Å². The molecule has 0 unspecified atom stereocenters. The molecule has 25 heavy (non-hydrogen) atoms. The Balaban J connectivity index is 1.96. The van der Waals surface area contributed by atoms with Crippen LogP contribution in [-0.2, 0) is 13.0 Å². The van der Waals surface area contributed by atoms with Crippen LogP contribution in [0.4, 0.5) is 0 Å². The van der Waals surface area contributed by atoms with Crippen LogP contribution < -0.4 is 19.8 Å². The average molecular weight is 340 g/mol. The number of benzene rings is 2. The highest BCUT2D eigenvalue weighted by atomic mass is 16.5. The van der Waals surface area contributed by atoms with Crippen LogP contribution in [0.15, 0.2) is 47.4 Å². The summed E-state index contributed by atoms with van der Waals surface area (Å²) in [5.74, 6) is 1.97. The van der Waals surface area contributed by atoms with E-state index in [4.69, 9.17) is 14.2 Å². The third-order valence-electron chi connectivity index (χ3n) is 4.13. The van der Waals surface area contributed by atoms with Gasteiger partial charge >= 0.3 is 0 Å². The summed E-state index contributed by atoms with van der Waals surface area (Å²) in [6, 6.07) is 11.4. The van der Waals surface area contributed by atoms with Crippen molar-refractivity contribution in [2.45, 2.75) is 13.0 Å². The minimum atomic E-state index is -0.145. The highest BCUT2D eigenvalue weighted by molar-refractivity contribution is 5.79. The molecule has 1 heterocycles. The maximum atomic E-state index is 12.3. The molecule has 0 radical (unpaired) electrons. The standard InChI is InChI=1S/C19H20N2O4/c1-23-14-6-4-13(5-7-14)8-9-21-16-11-18(25-3)17(24-2)10-15(16)20-12-19(21)22/h4-7,10-12H,8-9H2,1-3H3. The van der Waals surface area contributed by atoms with Crippen LogP contribution in [0.1, 0.15) is 5.56 Å². The van der Waals surface area contributed by atoms with Crippen LogP contribution in [-0.4, -0.2) is 30.9 Å². The van der Waals surface area contributed by atoms with E-state index >= 15 is 0 Å². The predicted octanol–water partition coefficient (Wildman–Crippen LogP) is 2.67. The lowest BCUT2D eigenvalue weighted by Gasteiger charge is -2.13. The molecule has 130 valence electrons. The summed E-state index contributed by atoms with van der Waals surface area (Å²) in [5.41, 5.74) is 2.39. The Hall–Kier alpha value is -3.02. The Morgan fingerprint density at radius 3 is 2.28 bits per heavy atom. The van der Waals surface area contributed by atoms with Crippen LogP contribution in [0.2, 0.25) is 0 Å². The number of fused-ring (bicyclic) bond motifs is 1. The first-order valence-corrected chi connectivity index (χ1v) is 7.90. The first-order chi connectivity index (χ1) is 12.2. The summed E-state index contributed by atoms with van der Waals surface area (Å²) in [6.45, 7) is 0.541. The molecule has 0 aliphatic carbocycles. The molecule has 0 aliphatic heterocycles. The number of ether oxygens (including phenoxy) is 3. The van der Waals surface area contributed by atoms with Crippen LogP contribution in [0.3, 0.4) is 0 Å². The van der Waals surface area contributed by atoms with Gasteiger partial charge in [-0.1, -0.05) is 12.1 Å². The van der Waals surface area contributed by atoms with Crippen LogP contribution in [0.25, 0.3) is 11.0 Å². The third-order valence-corrected chi connectivity index (χ3v) is 4.13. The monoisotopic (exact) mass is 340 g/mol. The van der Waals surface area contributed by atoms with Crippen molar-refractivity contribution in [2.24, 2.45) is 0 Å². The van der Waals surface area contributed by atoms with Gasteiger partial charge in [-0.2, -0.15) is 0 Å². The molecule has 0 fully saturated rings. The van der Waals surface area contributed by atoms with E-state index < -0.39 is 0 Å². The van der Waals surface area contributed by atoms with Gasteiger partial charge in [0.1, 0.15) is 5.75 Å². The van der Waals surface area contributed by atoms with Gasteiger partial charge in [0.25, 0.3) is 5.56 Å². The summed E-state index contributed by atoms with van der Waals surface area (Å²) in [7, 11) is 4.78. The van der Waals surface area contributed by atoms with E-state index in [0.717, 1.165) is 23.3 Å². The second-order valence-electron chi connectivity index (χ2n) is 5.54. The summed E-state index contributed by atoms with van der Waals surface area (Å²) < 4.78 is 17.5. The fourth-order valence-corrected chi connectivity index (χ4v) is 2.75. The Kier molecular flexibility index (Phi) is 4.88.